The molecule has 1 aliphatic rings. The third kappa shape index (κ3) is 5.15. The van der Waals surface area contributed by atoms with E-state index in [0.717, 1.165) is 11.8 Å². The van der Waals surface area contributed by atoms with E-state index in [1.54, 1.807) is 43.5 Å². The van der Waals surface area contributed by atoms with Crippen LogP contribution in [0.4, 0.5) is 10.1 Å². The van der Waals surface area contributed by atoms with E-state index in [2.05, 4.69) is 16.7 Å². The average Bonchev–Trinajstić information content (AvgIpc) is 2.73. The zero-order chi connectivity index (χ0) is 20.8. The number of thioether (sulfide) groups is 1. The Labute approximate surface area is 171 Å². The number of ether oxygens (including phenoxy) is 1. The van der Waals surface area contributed by atoms with Crippen LogP contribution in [-0.4, -0.2) is 24.7 Å². The van der Waals surface area contributed by atoms with Gasteiger partial charge in [-0.1, -0.05) is 23.9 Å². The van der Waals surface area contributed by atoms with Crippen molar-refractivity contribution >= 4 is 29.3 Å². The van der Waals surface area contributed by atoms with Crippen molar-refractivity contribution in [3.63, 3.8) is 0 Å². The molecule has 0 aliphatic carbocycles. The summed E-state index contributed by atoms with van der Waals surface area (Å²) in [6, 6.07) is 14.7. The lowest BCUT2D eigenvalue weighted by Gasteiger charge is -2.25. The first-order chi connectivity index (χ1) is 14.0. The highest BCUT2D eigenvalue weighted by Gasteiger charge is 2.29. The van der Waals surface area contributed by atoms with Crippen LogP contribution in [0.3, 0.4) is 0 Å². The lowest BCUT2D eigenvalue weighted by Crippen LogP contribution is -2.31. The van der Waals surface area contributed by atoms with E-state index in [-0.39, 0.29) is 29.8 Å². The van der Waals surface area contributed by atoms with Crippen molar-refractivity contribution in [2.24, 2.45) is 0 Å². The van der Waals surface area contributed by atoms with Gasteiger partial charge in [-0.2, -0.15) is 5.26 Å². The fourth-order valence-corrected chi connectivity index (χ4v) is 3.80. The SMILES string of the molecule is COc1ccc(NC(=O)CSC2=C(C#N)[C@@H](c3ccc(F)cc3)CC(=O)N2)cc1. The maximum atomic E-state index is 13.2. The Kier molecular flexibility index (Phi) is 6.52. The van der Waals surface area contributed by atoms with Crippen LogP contribution in [0.15, 0.2) is 59.1 Å². The number of halogens is 1. The molecule has 29 heavy (non-hydrogen) atoms. The number of rotatable bonds is 6. The van der Waals surface area contributed by atoms with Gasteiger partial charge < -0.3 is 15.4 Å². The quantitative estimate of drug-likeness (QED) is 0.759. The van der Waals surface area contributed by atoms with Crippen LogP contribution in [0.1, 0.15) is 17.9 Å². The molecule has 1 aliphatic heterocycles. The molecule has 1 heterocycles. The molecule has 0 aromatic heterocycles. The van der Waals surface area contributed by atoms with Crippen LogP contribution >= 0.6 is 11.8 Å². The summed E-state index contributed by atoms with van der Waals surface area (Å²) in [7, 11) is 1.56. The zero-order valence-electron chi connectivity index (χ0n) is 15.6. The lowest BCUT2D eigenvalue weighted by molar-refractivity contribution is -0.121. The van der Waals surface area contributed by atoms with Crippen LogP contribution in [0, 0.1) is 17.1 Å². The second kappa shape index (κ2) is 9.26. The number of carbonyl (C=O) groups is 2. The van der Waals surface area contributed by atoms with Crippen molar-refractivity contribution in [3.05, 3.63) is 70.5 Å². The monoisotopic (exact) mass is 411 g/mol. The fourth-order valence-electron chi connectivity index (χ4n) is 2.92. The highest BCUT2D eigenvalue weighted by Crippen LogP contribution is 2.36. The molecule has 0 unspecified atom stereocenters. The summed E-state index contributed by atoms with van der Waals surface area (Å²) in [5, 5.41) is 15.4. The number of hydrogen-bond donors (Lipinski definition) is 2. The van der Waals surface area contributed by atoms with Crippen molar-refractivity contribution in [2.45, 2.75) is 12.3 Å². The van der Waals surface area contributed by atoms with Gasteiger partial charge in [-0.15, -0.1) is 0 Å². The summed E-state index contributed by atoms with van der Waals surface area (Å²) in [6.45, 7) is 0. The highest BCUT2D eigenvalue weighted by molar-refractivity contribution is 8.03. The van der Waals surface area contributed by atoms with Gasteiger partial charge in [0.05, 0.1) is 29.5 Å². The Hall–Kier alpha value is -3.31. The Balaban J connectivity index is 1.71. The van der Waals surface area contributed by atoms with E-state index < -0.39 is 5.92 Å². The van der Waals surface area contributed by atoms with Gasteiger partial charge in [-0.05, 0) is 42.0 Å². The maximum Gasteiger partial charge on any atom is 0.234 e. The van der Waals surface area contributed by atoms with Crippen LogP contribution in [0.2, 0.25) is 0 Å². The highest BCUT2D eigenvalue weighted by atomic mass is 32.2. The molecular weight excluding hydrogens is 393 g/mol. The number of nitriles is 1. The van der Waals surface area contributed by atoms with Crippen molar-refractivity contribution in [3.8, 4) is 11.8 Å². The zero-order valence-corrected chi connectivity index (χ0v) is 16.4. The molecule has 0 saturated heterocycles. The van der Waals surface area contributed by atoms with E-state index in [4.69, 9.17) is 4.74 Å². The molecular formula is C21H18FN3O3S. The summed E-state index contributed by atoms with van der Waals surface area (Å²) in [6.07, 6.45) is 0.0939. The molecule has 0 bridgehead atoms. The molecule has 2 amide bonds. The van der Waals surface area contributed by atoms with Gasteiger partial charge in [0.2, 0.25) is 11.8 Å². The molecule has 2 aromatic rings. The molecule has 148 valence electrons. The van der Waals surface area contributed by atoms with Crippen molar-refractivity contribution < 1.29 is 18.7 Å². The molecule has 0 radical (unpaired) electrons. The number of methoxy groups -OCH3 is 1. The minimum atomic E-state index is -0.471. The third-order valence-corrected chi connectivity index (χ3v) is 5.37. The van der Waals surface area contributed by atoms with E-state index >= 15 is 0 Å². The average molecular weight is 411 g/mol. The first-order valence-electron chi connectivity index (χ1n) is 8.76. The smallest absolute Gasteiger partial charge is 0.234 e. The largest absolute Gasteiger partial charge is 0.497 e. The molecule has 0 saturated carbocycles. The van der Waals surface area contributed by atoms with E-state index in [1.807, 2.05) is 0 Å². The van der Waals surface area contributed by atoms with Gasteiger partial charge in [-0.3, -0.25) is 9.59 Å². The maximum absolute atomic E-state index is 13.2. The number of nitrogens with one attached hydrogen (secondary N) is 2. The predicted molar refractivity (Wildman–Crippen MR) is 109 cm³/mol. The summed E-state index contributed by atoms with van der Waals surface area (Å²) >= 11 is 1.08. The number of benzene rings is 2. The Morgan fingerprint density at radius 2 is 1.97 bits per heavy atom. The molecule has 0 spiro atoms. The predicted octanol–water partition coefficient (Wildman–Crippen LogP) is 3.54. The second-order valence-electron chi connectivity index (χ2n) is 6.28. The molecule has 1 atom stereocenters. The first-order valence-corrected chi connectivity index (χ1v) is 9.75. The summed E-state index contributed by atoms with van der Waals surface area (Å²) in [5.74, 6) is -0.691. The number of amides is 2. The minimum Gasteiger partial charge on any atom is -0.497 e. The Morgan fingerprint density at radius 3 is 2.59 bits per heavy atom. The number of anilines is 1. The van der Waals surface area contributed by atoms with Crippen LogP contribution in [-0.2, 0) is 9.59 Å². The molecule has 6 nitrogen and oxygen atoms in total. The van der Waals surface area contributed by atoms with Crippen LogP contribution < -0.4 is 15.4 Å². The van der Waals surface area contributed by atoms with Gasteiger partial charge in [0.15, 0.2) is 0 Å². The fraction of sp³-hybridized carbons (Fsp3) is 0.190. The molecule has 3 rings (SSSR count). The van der Waals surface area contributed by atoms with Gasteiger partial charge in [0.25, 0.3) is 0 Å². The van der Waals surface area contributed by atoms with E-state index in [0.29, 0.717) is 27.6 Å². The molecule has 8 heteroatoms. The summed E-state index contributed by atoms with van der Waals surface area (Å²) < 4.78 is 18.3. The number of hydrogen-bond acceptors (Lipinski definition) is 5. The van der Waals surface area contributed by atoms with Gasteiger partial charge in [-0.25, -0.2) is 4.39 Å². The topological polar surface area (TPSA) is 91.2 Å². The number of nitrogens with zero attached hydrogens (tertiary/aromatic N) is 1. The van der Waals surface area contributed by atoms with Gasteiger partial charge in [0.1, 0.15) is 11.6 Å². The van der Waals surface area contributed by atoms with Gasteiger partial charge in [0, 0.05) is 18.0 Å². The molecule has 0 fully saturated rings. The standard InChI is InChI=1S/C21H18FN3O3S/c1-28-16-8-6-15(7-9-16)24-20(27)12-29-21-18(11-23)17(10-19(26)25-21)13-2-4-14(22)5-3-13/h2-9,17H,10,12H2,1H3,(H,24,27)(H,25,26)/t17-/m1/s1. The van der Waals surface area contributed by atoms with Crippen LogP contribution in [0.25, 0.3) is 0 Å². The van der Waals surface area contributed by atoms with Gasteiger partial charge >= 0.3 is 0 Å². The van der Waals surface area contributed by atoms with Crippen molar-refractivity contribution in [1.82, 2.24) is 5.32 Å². The third-order valence-electron chi connectivity index (χ3n) is 4.35. The Bertz CT molecular complexity index is 982. The van der Waals surface area contributed by atoms with E-state index in [9.17, 15) is 19.2 Å². The Morgan fingerprint density at radius 1 is 1.28 bits per heavy atom. The number of carbonyl (C=O) groups excluding carboxylic acids is 2. The summed E-state index contributed by atoms with van der Waals surface area (Å²) in [5.41, 5.74) is 1.65. The van der Waals surface area contributed by atoms with Crippen molar-refractivity contribution in [1.29, 1.82) is 5.26 Å². The van der Waals surface area contributed by atoms with E-state index in [1.165, 1.54) is 12.1 Å². The number of allylic oxidation sites excluding steroid dienone is 1. The summed E-state index contributed by atoms with van der Waals surface area (Å²) in [4.78, 5) is 24.4. The first kappa shape index (κ1) is 20.4. The molecule has 2 aromatic carbocycles. The van der Waals surface area contributed by atoms with Crippen molar-refractivity contribution in [2.75, 3.05) is 18.2 Å². The molecule has 2 N–H and O–H groups in total. The van der Waals surface area contributed by atoms with Crippen LogP contribution in [0.5, 0.6) is 5.75 Å². The minimum absolute atomic E-state index is 0.0168. The lowest BCUT2D eigenvalue weighted by atomic mass is 9.87. The normalized spacial score (nSPS) is 16.0. The second-order valence-corrected chi connectivity index (χ2v) is 7.26.